The topological polar surface area (TPSA) is 63.2 Å². The number of hydrogen-bond donors (Lipinski definition) is 2. The number of halogens is 1. The maximum absolute atomic E-state index is 12.5. The highest BCUT2D eigenvalue weighted by Crippen LogP contribution is 2.23. The first kappa shape index (κ1) is 17.8. The van der Waals surface area contributed by atoms with E-state index < -0.39 is 0 Å². The summed E-state index contributed by atoms with van der Waals surface area (Å²) in [5.74, 6) is 0.294. The molecule has 6 heteroatoms. The van der Waals surface area contributed by atoms with Gasteiger partial charge in [-0.1, -0.05) is 35.9 Å². The largest absolute Gasteiger partial charge is 0.495 e. The Bertz CT molecular complexity index is 898. The van der Waals surface area contributed by atoms with Crippen molar-refractivity contribution < 1.29 is 9.53 Å². The lowest BCUT2D eigenvalue weighted by Crippen LogP contribution is -2.14. The van der Waals surface area contributed by atoms with Crippen molar-refractivity contribution in [1.82, 2.24) is 4.98 Å². The molecular weight excluding hydrogens is 350 g/mol. The highest BCUT2D eigenvalue weighted by atomic mass is 35.5. The molecule has 0 atom stereocenters. The van der Waals surface area contributed by atoms with Crippen LogP contribution in [0.15, 0.2) is 66.9 Å². The van der Waals surface area contributed by atoms with E-state index in [1.54, 1.807) is 31.5 Å². The maximum Gasteiger partial charge on any atom is 0.274 e. The summed E-state index contributed by atoms with van der Waals surface area (Å²) in [5.41, 5.74) is 2.81. The van der Waals surface area contributed by atoms with E-state index in [2.05, 4.69) is 15.6 Å². The summed E-state index contributed by atoms with van der Waals surface area (Å²) in [4.78, 5) is 16.6. The zero-order valence-electron chi connectivity index (χ0n) is 14.2. The Labute approximate surface area is 157 Å². The minimum atomic E-state index is -0.301. The summed E-state index contributed by atoms with van der Waals surface area (Å²) in [5, 5.41) is 6.79. The molecule has 0 aliphatic carbocycles. The van der Waals surface area contributed by atoms with Crippen molar-refractivity contribution in [3.63, 3.8) is 0 Å². The molecule has 2 N–H and O–H groups in total. The van der Waals surface area contributed by atoms with Gasteiger partial charge >= 0.3 is 0 Å². The predicted octanol–water partition coefficient (Wildman–Crippen LogP) is 4.61. The minimum Gasteiger partial charge on any atom is -0.495 e. The number of para-hydroxylation sites is 2. The van der Waals surface area contributed by atoms with Crippen molar-refractivity contribution in [1.29, 1.82) is 0 Å². The summed E-state index contributed by atoms with van der Waals surface area (Å²) in [6.07, 6.45) is 1.60. The third kappa shape index (κ3) is 4.52. The lowest BCUT2D eigenvalue weighted by Gasteiger charge is -2.11. The molecule has 26 heavy (non-hydrogen) atoms. The second kappa shape index (κ2) is 8.36. The molecule has 0 fully saturated rings. The fourth-order valence-corrected chi connectivity index (χ4v) is 2.53. The number of ether oxygens (including phenoxy) is 1. The first-order valence-electron chi connectivity index (χ1n) is 8.04. The maximum atomic E-state index is 12.5. The van der Waals surface area contributed by atoms with Gasteiger partial charge in [0.25, 0.3) is 5.91 Å². The number of carbonyl (C=O) groups excluding carboxylic acids is 1. The Hall–Kier alpha value is -3.05. The zero-order valence-corrected chi connectivity index (χ0v) is 15.0. The molecule has 0 unspecified atom stereocenters. The number of nitrogens with one attached hydrogen (secondary N) is 2. The van der Waals surface area contributed by atoms with Crippen molar-refractivity contribution in [2.75, 3.05) is 17.7 Å². The van der Waals surface area contributed by atoms with Crippen LogP contribution in [0.1, 0.15) is 16.1 Å². The monoisotopic (exact) mass is 367 g/mol. The number of rotatable bonds is 6. The molecule has 5 nitrogen and oxygen atoms in total. The zero-order chi connectivity index (χ0) is 18.4. The van der Waals surface area contributed by atoms with Gasteiger partial charge in [-0.25, -0.2) is 0 Å². The van der Waals surface area contributed by atoms with Gasteiger partial charge in [-0.2, -0.15) is 0 Å². The lowest BCUT2D eigenvalue weighted by molar-refractivity contribution is 0.102. The molecule has 0 saturated heterocycles. The van der Waals surface area contributed by atoms with Gasteiger partial charge in [-0.3, -0.25) is 9.78 Å². The van der Waals surface area contributed by atoms with E-state index in [1.165, 1.54) is 0 Å². The number of carbonyl (C=O) groups is 1. The highest BCUT2D eigenvalue weighted by molar-refractivity contribution is 6.30. The number of amides is 1. The molecule has 0 radical (unpaired) electrons. The number of hydrogen-bond acceptors (Lipinski definition) is 4. The van der Waals surface area contributed by atoms with Crippen molar-refractivity contribution in [2.24, 2.45) is 0 Å². The van der Waals surface area contributed by atoms with Crippen LogP contribution < -0.4 is 15.4 Å². The molecule has 0 saturated carbocycles. The van der Waals surface area contributed by atoms with E-state index in [4.69, 9.17) is 16.3 Å². The normalized spacial score (nSPS) is 10.2. The number of anilines is 2. The van der Waals surface area contributed by atoms with Gasteiger partial charge in [0.15, 0.2) is 0 Å². The van der Waals surface area contributed by atoms with Gasteiger partial charge in [0.05, 0.1) is 12.8 Å². The quantitative estimate of drug-likeness (QED) is 0.668. The molecule has 3 aromatic rings. The molecule has 0 aliphatic heterocycles. The van der Waals surface area contributed by atoms with Crippen molar-refractivity contribution in [3.8, 4) is 5.75 Å². The molecule has 0 bridgehead atoms. The first-order valence-corrected chi connectivity index (χ1v) is 8.42. The van der Waals surface area contributed by atoms with Gasteiger partial charge in [-0.05, 0) is 42.0 Å². The number of benzene rings is 2. The van der Waals surface area contributed by atoms with Crippen LogP contribution in [0.4, 0.5) is 11.4 Å². The summed E-state index contributed by atoms with van der Waals surface area (Å²) < 4.78 is 5.24. The second-order valence-corrected chi connectivity index (χ2v) is 6.00. The Balaban J connectivity index is 1.68. The Morgan fingerprint density at radius 2 is 1.88 bits per heavy atom. The van der Waals surface area contributed by atoms with E-state index in [9.17, 15) is 4.79 Å². The summed E-state index contributed by atoms with van der Waals surface area (Å²) >= 11 is 5.89. The predicted molar refractivity (Wildman–Crippen MR) is 104 cm³/mol. The van der Waals surface area contributed by atoms with Crippen LogP contribution in [-0.4, -0.2) is 18.0 Å². The molecule has 1 aromatic heterocycles. The third-order valence-electron chi connectivity index (χ3n) is 3.76. The summed E-state index contributed by atoms with van der Waals surface area (Å²) in [6.45, 7) is 0.620. The fourth-order valence-electron chi connectivity index (χ4n) is 2.41. The highest BCUT2D eigenvalue weighted by Gasteiger charge is 2.11. The Morgan fingerprint density at radius 3 is 2.65 bits per heavy atom. The summed E-state index contributed by atoms with van der Waals surface area (Å²) in [6, 6.07) is 18.3. The average molecular weight is 368 g/mol. The van der Waals surface area contributed by atoms with E-state index >= 15 is 0 Å². The van der Waals surface area contributed by atoms with Crippen molar-refractivity contribution in [3.05, 3.63) is 83.1 Å². The van der Waals surface area contributed by atoms with E-state index in [1.807, 2.05) is 42.5 Å². The van der Waals surface area contributed by atoms with Crippen LogP contribution in [0.5, 0.6) is 5.75 Å². The fraction of sp³-hybridized carbons (Fsp3) is 0.100. The second-order valence-electron chi connectivity index (χ2n) is 5.56. The van der Waals surface area contributed by atoms with Gasteiger partial charge in [0, 0.05) is 23.5 Å². The van der Waals surface area contributed by atoms with Gasteiger partial charge in [0.1, 0.15) is 11.4 Å². The minimum absolute atomic E-state index is 0.301. The average Bonchev–Trinajstić information content (AvgIpc) is 2.68. The molecule has 0 aliphatic rings. The van der Waals surface area contributed by atoms with Crippen LogP contribution in [0.2, 0.25) is 5.02 Å². The van der Waals surface area contributed by atoms with Gasteiger partial charge < -0.3 is 15.4 Å². The molecule has 132 valence electrons. The number of pyridine rings is 1. The van der Waals surface area contributed by atoms with Crippen molar-refractivity contribution >= 4 is 28.9 Å². The molecular formula is C20H18ClN3O2. The van der Waals surface area contributed by atoms with Crippen molar-refractivity contribution in [2.45, 2.75) is 6.54 Å². The Kier molecular flexibility index (Phi) is 5.71. The van der Waals surface area contributed by atoms with E-state index in [0.717, 1.165) is 11.3 Å². The van der Waals surface area contributed by atoms with Crippen LogP contribution in [-0.2, 0) is 6.54 Å². The summed E-state index contributed by atoms with van der Waals surface area (Å²) in [7, 11) is 1.56. The van der Waals surface area contributed by atoms with Gasteiger partial charge in [-0.15, -0.1) is 0 Å². The molecule has 1 amide bonds. The number of nitrogens with zero attached hydrogens (tertiary/aromatic N) is 1. The van der Waals surface area contributed by atoms with Crippen LogP contribution in [0.25, 0.3) is 0 Å². The first-order chi connectivity index (χ1) is 12.7. The van der Waals surface area contributed by atoms with E-state index in [0.29, 0.717) is 28.7 Å². The standard InChI is InChI=1S/C20H18ClN3O2/c1-26-19-5-3-2-4-17(19)24-20(25)18-12-16(10-11-22-18)23-13-14-6-8-15(21)9-7-14/h2-12H,13H2,1H3,(H,22,23)(H,24,25). The lowest BCUT2D eigenvalue weighted by atomic mass is 10.2. The van der Waals surface area contributed by atoms with Crippen LogP contribution in [0.3, 0.4) is 0 Å². The van der Waals surface area contributed by atoms with Gasteiger partial charge in [0.2, 0.25) is 0 Å². The SMILES string of the molecule is COc1ccccc1NC(=O)c1cc(NCc2ccc(Cl)cc2)ccn1. The van der Waals surface area contributed by atoms with E-state index in [-0.39, 0.29) is 5.91 Å². The molecule has 2 aromatic carbocycles. The molecule has 1 heterocycles. The third-order valence-corrected chi connectivity index (χ3v) is 4.01. The Morgan fingerprint density at radius 1 is 1.12 bits per heavy atom. The van der Waals surface area contributed by atoms with Crippen LogP contribution >= 0.6 is 11.6 Å². The van der Waals surface area contributed by atoms with Crippen LogP contribution in [0, 0.1) is 0 Å². The molecule has 0 spiro atoms. The number of aromatic nitrogens is 1. The number of methoxy groups -OCH3 is 1. The molecule has 3 rings (SSSR count). The smallest absolute Gasteiger partial charge is 0.274 e.